The summed E-state index contributed by atoms with van der Waals surface area (Å²) in [6, 6.07) is 0. The first-order valence-corrected chi connectivity index (χ1v) is 7.02. The number of rotatable bonds is 4. The van der Waals surface area contributed by atoms with E-state index in [9.17, 15) is 9.59 Å². The van der Waals surface area contributed by atoms with Crippen LogP contribution in [0.2, 0.25) is 0 Å². The Balaban J connectivity index is 2.12. The fourth-order valence-electron chi connectivity index (χ4n) is 1.91. The Kier molecular flexibility index (Phi) is 4.19. The van der Waals surface area contributed by atoms with Gasteiger partial charge in [-0.25, -0.2) is 4.98 Å². The number of nitrogens with one attached hydrogen (secondary N) is 1. The molecule has 0 spiro atoms. The minimum Gasteiger partial charge on any atom is -0.465 e. The summed E-state index contributed by atoms with van der Waals surface area (Å²) < 4.78 is 5.01. The third-order valence-electron chi connectivity index (χ3n) is 2.66. The van der Waals surface area contributed by atoms with E-state index in [0.29, 0.717) is 11.7 Å². The molecule has 1 aliphatic carbocycles. The summed E-state index contributed by atoms with van der Waals surface area (Å²) in [7, 11) is 0. The second-order valence-corrected chi connectivity index (χ2v) is 5.20. The van der Waals surface area contributed by atoms with E-state index in [1.165, 1.54) is 11.3 Å². The SMILES string of the molecule is CCOC(=O)[C@H]1CCc2sc(NC(=O)CCl)nc21. The van der Waals surface area contributed by atoms with E-state index in [1.54, 1.807) is 6.92 Å². The summed E-state index contributed by atoms with van der Waals surface area (Å²) in [4.78, 5) is 28.2. The Bertz CT molecular complexity index is 475. The van der Waals surface area contributed by atoms with Gasteiger partial charge in [-0.05, 0) is 19.8 Å². The molecule has 1 N–H and O–H groups in total. The maximum absolute atomic E-state index is 11.7. The molecule has 2 rings (SSSR count). The summed E-state index contributed by atoms with van der Waals surface area (Å²) in [6.45, 7) is 2.14. The van der Waals surface area contributed by atoms with Gasteiger partial charge in [0.25, 0.3) is 0 Å². The van der Waals surface area contributed by atoms with Crippen molar-refractivity contribution in [1.82, 2.24) is 4.98 Å². The Morgan fingerprint density at radius 3 is 3.06 bits per heavy atom. The van der Waals surface area contributed by atoms with Gasteiger partial charge in [0.2, 0.25) is 5.91 Å². The van der Waals surface area contributed by atoms with Gasteiger partial charge in [0.15, 0.2) is 5.13 Å². The van der Waals surface area contributed by atoms with Crippen LogP contribution < -0.4 is 5.32 Å². The zero-order valence-electron chi connectivity index (χ0n) is 9.86. The highest BCUT2D eigenvalue weighted by molar-refractivity contribution is 7.16. The molecule has 0 bridgehead atoms. The third-order valence-corrected chi connectivity index (χ3v) is 3.95. The molecular formula is C11H13ClN2O3S. The molecule has 1 aromatic heterocycles. The van der Waals surface area contributed by atoms with Crippen molar-refractivity contribution in [2.45, 2.75) is 25.7 Å². The number of aromatic nitrogens is 1. The van der Waals surface area contributed by atoms with Gasteiger partial charge in [0.1, 0.15) is 11.8 Å². The summed E-state index contributed by atoms with van der Waals surface area (Å²) >= 11 is 6.80. The van der Waals surface area contributed by atoms with Crippen molar-refractivity contribution in [3.05, 3.63) is 10.6 Å². The lowest BCUT2D eigenvalue weighted by atomic mass is 10.1. The lowest BCUT2D eigenvalue weighted by Gasteiger charge is -2.07. The molecule has 0 saturated carbocycles. The number of esters is 1. The van der Waals surface area contributed by atoms with E-state index in [-0.39, 0.29) is 23.7 Å². The fraction of sp³-hybridized carbons (Fsp3) is 0.545. The molecule has 1 heterocycles. The molecule has 1 atom stereocenters. The number of carbonyl (C=O) groups is 2. The molecule has 98 valence electrons. The van der Waals surface area contributed by atoms with Crippen molar-refractivity contribution in [2.75, 3.05) is 17.8 Å². The Labute approximate surface area is 113 Å². The quantitative estimate of drug-likeness (QED) is 0.679. The molecule has 18 heavy (non-hydrogen) atoms. The molecule has 7 heteroatoms. The van der Waals surface area contributed by atoms with Crippen molar-refractivity contribution < 1.29 is 14.3 Å². The number of anilines is 1. The predicted molar refractivity (Wildman–Crippen MR) is 69.2 cm³/mol. The monoisotopic (exact) mass is 288 g/mol. The van der Waals surface area contributed by atoms with E-state index in [1.807, 2.05) is 0 Å². The van der Waals surface area contributed by atoms with E-state index in [2.05, 4.69) is 10.3 Å². The van der Waals surface area contributed by atoms with Gasteiger partial charge in [0.05, 0.1) is 12.3 Å². The van der Waals surface area contributed by atoms with Crippen LogP contribution in [0, 0.1) is 0 Å². The number of aryl methyl sites for hydroxylation is 1. The van der Waals surface area contributed by atoms with Crippen LogP contribution in [0.3, 0.4) is 0 Å². The van der Waals surface area contributed by atoms with E-state index in [4.69, 9.17) is 16.3 Å². The normalized spacial score (nSPS) is 17.3. The molecule has 0 aromatic carbocycles. The van der Waals surface area contributed by atoms with Gasteiger partial charge in [-0.1, -0.05) is 0 Å². The molecule has 0 aliphatic heterocycles. The summed E-state index contributed by atoms with van der Waals surface area (Å²) in [6.07, 6.45) is 1.53. The van der Waals surface area contributed by atoms with Crippen LogP contribution in [0.1, 0.15) is 29.8 Å². The number of alkyl halides is 1. The van der Waals surface area contributed by atoms with E-state index < -0.39 is 0 Å². The van der Waals surface area contributed by atoms with Gasteiger partial charge >= 0.3 is 5.97 Å². The van der Waals surface area contributed by atoms with Crippen LogP contribution in [-0.2, 0) is 20.7 Å². The highest BCUT2D eigenvalue weighted by atomic mass is 35.5. The first kappa shape index (κ1) is 13.3. The van der Waals surface area contributed by atoms with Crippen molar-refractivity contribution in [2.24, 2.45) is 0 Å². The van der Waals surface area contributed by atoms with Gasteiger partial charge < -0.3 is 10.1 Å². The standard InChI is InChI=1S/C11H13ClN2O3S/c1-2-17-10(16)6-3-4-7-9(6)14-11(18-7)13-8(15)5-12/h6H,2-5H2,1H3,(H,13,14,15)/t6-/m0/s1. The lowest BCUT2D eigenvalue weighted by molar-refractivity contribution is -0.145. The van der Waals surface area contributed by atoms with Gasteiger partial charge in [0, 0.05) is 4.88 Å². The molecule has 0 radical (unpaired) electrons. The Morgan fingerprint density at radius 1 is 1.61 bits per heavy atom. The van der Waals surface area contributed by atoms with Crippen LogP contribution in [0.5, 0.6) is 0 Å². The largest absolute Gasteiger partial charge is 0.465 e. The van der Waals surface area contributed by atoms with Crippen molar-refractivity contribution in [3.8, 4) is 0 Å². The van der Waals surface area contributed by atoms with Gasteiger partial charge in [-0.3, -0.25) is 9.59 Å². The second-order valence-electron chi connectivity index (χ2n) is 3.85. The van der Waals surface area contributed by atoms with Crippen molar-refractivity contribution in [3.63, 3.8) is 0 Å². The van der Waals surface area contributed by atoms with Crippen LogP contribution in [0.15, 0.2) is 0 Å². The maximum atomic E-state index is 11.7. The number of fused-ring (bicyclic) bond motifs is 1. The molecule has 0 saturated heterocycles. The number of amides is 1. The molecule has 5 nitrogen and oxygen atoms in total. The number of ether oxygens (including phenoxy) is 1. The summed E-state index contributed by atoms with van der Waals surface area (Å²) in [5.74, 6) is -0.933. The zero-order valence-corrected chi connectivity index (χ0v) is 11.4. The fourth-order valence-corrected chi connectivity index (χ4v) is 3.03. The second kappa shape index (κ2) is 5.67. The highest BCUT2D eigenvalue weighted by Crippen LogP contribution is 2.38. The topological polar surface area (TPSA) is 68.3 Å². The summed E-state index contributed by atoms with van der Waals surface area (Å²) in [5, 5.41) is 3.10. The zero-order chi connectivity index (χ0) is 13.1. The average Bonchev–Trinajstić information content (AvgIpc) is 2.88. The number of hydrogen-bond donors (Lipinski definition) is 1. The number of hydrogen-bond acceptors (Lipinski definition) is 5. The van der Waals surface area contributed by atoms with Crippen molar-refractivity contribution in [1.29, 1.82) is 0 Å². The molecule has 1 aliphatic rings. The maximum Gasteiger partial charge on any atom is 0.315 e. The first-order chi connectivity index (χ1) is 8.65. The summed E-state index contributed by atoms with van der Waals surface area (Å²) in [5.41, 5.74) is 0.739. The number of nitrogens with zero attached hydrogens (tertiary/aromatic N) is 1. The third kappa shape index (κ3) is 2.64. The minimum atomic E-state index is -0.295. The van der Waals surface area contributed by atoms with Gasteiger partial charge in [-0.2, -0.15) is 0 Å². The van der Waals surface area contributed by atoms with Gasteiger partial charge in [-0.15, -0.1) is 22.9 Å². The lowest BCUT2D eigenvalue weighted by Crippen LogP contribution is -2.15. The van der Waals surface area contributed by atoms with E-state index >= 15 is 0 Å². The van der Waals surface area contributed by atoms with Crippen LogP contribution in [-0.4, -0.2) is 29.3 Å². The molecular weight excluding hydrogens is 276 g/mol. The van der Waals surface area contributed by atoms with Crippen LogP contribution in [0.4, 0.5) is 5.13 Å². The van der Waals surface area contributed by atoms with Crippen molar-refractivity contribution >= 4 is 39.9 Å². The Hall–Kier alpha value is -1.14. The smallest absolute Gasteiger partial charge is 0.315 e. The first-order valence-electron chi connectivity index (χ1n) is 5.67. The minimum absolute atomic E-state index is 0.106. The Morgan fingerprint density at radius 2 is 2.39 bits per heavy atom. The van der Waals surface area contributed by atoms with Crippen LogP contribution in [0.25, 0.3) is 0 Å². The molecule has 1 amide bonds. The number of halogens is 1. The molecule has 1 aromatic rings. The molecule has 0 unspecified atom stereocenters. The number of carbonyl (C=O) groups excluding carboxylic acids is 2. The van der Waals surface area contributed by atoms with Crippen LogP contribution >= 0.6 is 22.9 Å². The van der Waals surface area contributed by atoms with E-state index in [0.717, 1.165) is 23.4 Å². The predicted octanol–water partition coefficient (Wildman–Crippen LogP) is 1.91. The highest BCUT2D eigenvalue weighted by Gasteiger charge is 2.33. The average molecular weight is 289 g/mol. The number of thiazole rings is 1. The molecule has 0 fully saturated rings.